The highest BCUT2D eigenvalue weighted by atomic mass is 32.2. The van der Waals surface area contributed by atoms with Crippen molar-refractivity contribution in [1.82, 2.24) is 9.58 Å². The summed E-state index contributed by atoms with van der Waals surface area (Å²) in [5.41, 5.74) is 6.76. The van der Waals surface area contributed by atoms with Crippen LogP contribution in [0, 0.1) is 39.0 Å². The fourth-order valence-corrected chi connectivity index (χ4v) is 4.55. The minimum atomic E-state index is -0.393. The summed E-state index contributed by atoms with van der Waals surface area (Å²) in [6.07, 6.45) is 1.77. The van der Waals surface area contributed by atoms with Gasteiger partial charge in [-0.3, -0.25) is 10.2 Å². The van der Waals surface area contributed by atoms with Crippen molar-refractivity contribution < 1.29 is 4.79 Å². The van der Waals surface area contributed by atoms with Gasteiger partial charge in [-0.15, -0.1) is 0 Å². The van der Waals surface area contributed by atoms with Crippen LogP contribution in [0.1, 0.15) is 41.9 Å². The van der Waals surface area contributed by atoms with E-state index in [0.29, 0.717) is 5.17 Å². The number of aromatic nitrogens is 1. The molecular weight excluding hydrogens is 394 g/mol. The first kappa shape index (κ1) is 20.3. The second-order valence-electron chi connectivity index (χ2n) is 8.06. The molecule has 0 spiro atoms. The average Bonchev–Trinajstić information content (AvgIpc) is 3.22. The Labute approximate surface area is 180 Å². The van der Waals surface area contributed by atoms with Crippen LogP contribution in [0.2, 0.25) is 0 Å². The first-order valence-corrected chi connectivity index (χ1v) is 10.8. The number of fused-ring (bicyclic) bond motifs is 1. The van der Waals surface area contributed by atoms with E-state index in [-0.39, 0.29) is 17.3 Å². The number of thioether (sulfide) groups is 1. The number of nitrogens with zero attached hydrogens (tertiary/aromatic N) is 4. The van der Waals surface area contributed by atoms with E-state index >= 15 is 0 Å². The Balaban J connectivity index is 1.77. The maximum absolute atomic E-state index is 12.7. The molecule has 0 saturated carbocycles. The molecule has 2 aliphatic heterocycles. The van der Waals surface area contributed by atoms with E-state index in [4.69, 9.17) is 5.41 Å². The summed E-state index contributed by atoms with van der Waals surface area (Å²) in [5.74, 6) is -0.102. The van der Waals surface area contributed by atoms with Gasteiger partial charge in [0.1, 0.15) is 5.04 Å². The summed E-state index contributed by atoms with van der Waals surface area (Å²) < 4.78 is 2.20. The van der Waals surface area contributed by atoms with E-state index in [1.54, 1.807) is 6.08 Å². The molecule has 0 radical (unpaired) electrons. The van der Waals surface area contributed by atoms with Gasteiger partial charge in [-0.25, -0.2) is 0 Å². The Morgan fingerprint density at radius 1 is 1.13 bits per heavy atom. The van der Waals surface area contributed by atoms with E-state index in [2.05, 4.69) is 53.6 Å². The van der Waals surface area contributed by atoms with Crippen LogP contribution in [0.25, 0.3) is 11.8 Å². The predicted octanol–water partition coefficient (Wildman–Crippen LogP) is 4.99. The lowest BCUT2D eigenvalue weighted by atomic mass is 10.1. The second kappa shape index (κ2) is 7.40. The quantitative estimate of drug-likeness (QED) is 0.713. The van der Waals surface area contributed by atoms with Crippen LogP contribution < -0.4 is 0 Å². The van der Waals surface area contributed by atoms with E-state index in [1.807, 2.05) is 26.8 Å². The van der Waals surface area contributed by atoms with Crippen LogP contribution in [-0.4, -0.2) is 31.5 Å². The smallest absolute Gasteiger partial charge is 0.283 e. The van der Waals surface area contributed by atoms with E-state index in [0.717, 1.165) is 27.7 Å². The number of carbonyl (C=O) groups is 1. The van der Waals surface area contributed by atoms with Crippen molar-refractivity contribution in [3.8, 4) is 5.69 Å². The lowest BCUT2D eigenvalue weighted by Crippen LogP contribution is -2.35. The average molecular weight is 420 g/mol. The zero-order valence-corrected chi connectivity index (χ0v) is 18.9. The highest BCUT2D eigenvalue weighted by Gasteiger charge is 2.36. The normalized spacial score (nSPS) is 17.7. The number of hydrogen-bond acceptors (Lipinski definition) is 4. The molecule has 1 N–H and O–H groups in total. The standard InChI is InChI=1S/C23H25N5OS/c1-12(2)22-26-28-20(24)18(21(29)25-23(28)30-22)11-17-10-15(5)27(16(17)6)19-9-13(3)7-8-14(19)4/h7-12,24H,1-6H3/b18-11-,24-20?. The van der Waals surface area contributed by atoms with Crippen molar-refractivity contribution in [2.45, 2.75) is 41.5 Å². The number of carbonyl (C=O) groups excluding carboxylic acids is 1. The van der Waals surface area contributed by atoms with Crippen molar-refractivity contribution in [3.05, 3.63) is 57.9 Å². The molecule has 1 aromatic heterocycles. The van der Waals surface area contributed by atoms with Gasteiger partial charge in [0.2, 0.25) is 5.17 Å². The molecule has 0 aliphatic carbocycles. The maximum Gasteiger partial charge on any atom is 0.283 e. The Morgan fingerprint density at radius 2 is 1.87 bits per heavy atom. The number of hydrogen-bond donors (Lipinski definition) is 1. The van der Waals surface area contributed by atoms with Gasteiger partial charge in [0, 0.05) is 23.0 Å². The Morgan fingerprint density at radius 3 is 2.57 bits per heavy atom. The number of benzene rings is 1. The fraction of sp³-hybridized carbons (Fsp3) is 0.304. The number of aryl methyl sites for hydroxylation is 3. The largest absolute Gasteiger partial charge is 0.318 e. The Bertz CT molecular complexity index is 1180. The second-order valence-corrected chi connectivity index (χ2v) is 9.05. The van der Waals surface area contributed by atoms with Crippen molar-refractivity contribution in [1.29, 1.82) is 5.41 Å². The molecule has 0 fully saturated rings. The van der Waals surface area contributed by atoms with Crippen LogP contribution in [0.5, 0.6) is 0 Å². The molecule has 4 rings (SSSR count). The molecule has 2 aromatic rings. The highest BCUT2D eigenvalue weighted by molar-refractivity contribution is 8.27. The predicted molar refractivity (Wildman–Crippen MR) is 125 cm³/mol. The molecule has 1 aromatic carbocycles. The SMILES string of the molecule is Cc1ccc(C)c(-n2c(C)cc(/C=C3/C(=N)N4N=C(C(C)C)SC4=NC3=O)c2C)c1. The summed E-state index contributed by atoms with van der Waals surface area (Å²) in [6.45, 7) is 12.3. The number of aliphatic imine (C=N–C) groups is 1. The molecule has 0 unspecified atom stereocenters. The van der Waals surface area contributed by atoms with Crippen molar-refractivity contribution in [2.24, 2.45) is 16.0 Å². The van der Waals surface area contributed by atoms with E-state index in [9.17, 15) is 4.79 Å². The number of hydrazone groups is 1. The monoisotopic (exact) mass is 419 g/mol. The third-order valence-electron chi connectivity index (χ3n) is 5.34. The van der Waals surface area contributed by atoms with Crippen molar-refractivity contribution in [2.75, 3.05) is 0 Å². The molecule has 3 heterocycles. The summed E-state index contributed by atoms with van der Waals surface area (Å²) in [5, 5.41) is 15.9. The summed E-state index contributed by atoms with van der Waals surface area (Å²) in [4.78, 5) is 16.9. The minimum Gasteiger partial charge on any atom is -0.318 e. The molecule has 0 saturated heterocycles. The lowest BCUT2D eigenvalue weighted by Gasteiger charge is -2.20. The number of amides is 1. The van der Waals surface area contributed by atoms with E-state index < -0.39 is 5.91 Å². The third-order valence-corrected chi connectivity index (χ3v) is 6.55. The van der Waals surface area contributed by atoms with Gasteiger partial charge >= 0.3 is 0 Å². The van der Waals surface area contributed by atoms with Gasteiger partial charge in [-0.1, -0.05) is 26.0 Å². The minimum absolute atomic E-state index is 0.0738. The van der Waals surface area contributed by atoms with Crippen LogP contribution in [0.3, 0.4) is 0 Å². The maximum atomic E-state index is 12.7. The van der Waals surface area contributed by atoms with Crippen LogP contribution in [-0.2, 0) is 4.79 Å². The Kier molecular flexibility index (Phi) is 5.02. The molecule has 2 aliphatic rings. The zero-order valence-electron chi connectivity index (χ0n) is 18.1. The van der Waals surface area contributed by atoms with Gasteiger partial charge in [-0.2, -0.15) is 15.1 Å². The van der Waals surface area contributed by atoms with Crippen LogP contribution in [0.15, 0.2) is 39.9 Å². The Hall–Kier alpha value is -2.93. The van der Waals surface area contributed by atoms with Gasteiger partial charge in [0.15, 0.2) is 5.84 Å². The molecule has 7 heteroatoms. The summed E-state index contributed by atoms with van der Waals surface area (Å²) >= 11 is 1.36. The molecule has 1 amide bonds. The van der Waals surface area contributed by atoms with Crippen LogP contribution in [0.4, 0.5) is 0 Å². The number of amidine groups is 2. The summed E-state index contributed by atoms with van der Waals surface area (Å²) in [6, 6.07) is 8.44. The van der Waals surface area contributed by atoms with Gasteiger partial charge in [0.05, 0.1) is 5.57 Å². The summed E-state index contributed by atoms with van der Waals surface area (Å²) in [7, 11) is 0. The fourth-order valence-electron chi connectivity index (χ4n) is 3.66. The highest BCUT2D eigenvalue weighted by Crippen LogP contribution is 2.32. The first-order chi connectivity index (χ1) is 14.2. The number of nitrogens with one attached hydrogen (secondary N) is 1. The van der Waals surface area contributed by atoms with Crippen molar-refractivity contribution in [3.63, 3.8) is 0 Å². The molecule has 154 valence electrons. The topological polar surface area (TPSA) is 73.8 Å². The first-order valence-electron chi connectivity index (χ1n) is 9.94. The van der Waals surface area contributed by atoms with E-state index in [1.165, 1.54) is 27.9 Å². The lowest BCUT2D eigenvalue weighted by molar-refractivity contribution is -0.114. The molecular formula is C23H25N5OS. The zero-order chi connectivity index (χ0) is 21.7. The van der Waals surface area contributed by atoms with Crippen LogP contribution >= 0.6 is 11.8 Å². The number of rotatable bonds is 3. The van der Waals surface area contributed by atoms with Crippen molar-refractivity contribution >= 4 is 39.8 Å². The third kappa shape index (κ3) is 3.33. The molecule has 0 bridgehead atoms. The van der Waals surface area contributed by atoms with Gasteiger partial charge < -0.3 is 4.57 Å². The molecule has 0 atom stereocenters. The van der Waals surface area contributed by atoms with Gasteiger partial charge in [0.25, 0.3) is 5.91 Å². The molecule has 30 heavy (non-hydrogen) atoms. The molecule has 6 nitrogen and oxygen atoms in total. The van der Waals surface area contributed by atoms with Gasteiger partial charge in [-0.05, 0) is 74.4 Å².